The fourth-order valence-electron chi connectivity index (χ4n) is 2.05. The third-order valence-electron chi connectivity index (χ3n) is 3.22. The smallest absolute Gasteiger partial charge is 0.253 e. The summed E-state index contributed by atoms with van der Waals surface area (Å²) in [5, 5.41) is 4.04. The van der Waals surface area contributed by atoms with Crippen LogP contribution in [0, 0.1) is 5.92 Å². The summed E-state index contributed by atoms with van der Waals surface area (Å²) in [7, 11) is 3.50. The zero-order valence-corrected chi connectivity index (χ0v) is 12.9. The predicted octanol–water partition coefficient (Wildman–Crippen LogP) is 3.21. The van der Waals surface area contributed by atoms with Gasteiger partial charge in [-0.3, -0.25) is 4.79 Å². The maximum Gasteiger partial charge on any atom is 0.253 e. The number of hydrogen-bond acceptors (Lipinski definition) is 3. The van der Waals surface area contributed by atoms with Gasteiger partial charge in [0.05, 0.1) is 10.7 Å². The molecule has 1 N–H and O–H groups in total. The number of halogens is 1. The molecule has 0 aliphatic carbocycles. The zero-order chi connectivity index (χ0) is 13.8. The van der Waals surface area contributed by atoms with E-state index in [1.807, 2.05) is 17.8 Å². The molecule has 5 heteroatoms. The van der Waals surface area contributed by atoms with Crippen molar-refractivity contribution in [3.63, 3.8) is 0 Å². The van der Waals surface area contributed by atoms with Gasteiger partial charge in [-0.15, -0.1) is 0 Å². The number of anilines is 1. The average Bonchev–Trinajstić information content (AvgIpc) is 2.90. The first kappa shape index (κ1) is 14.5. The molecule has 1 aliphatic heterocycles. The van der Waals surface area contributed by atoms with Gasteiger partial charge in [-0.1, -0.05) is 11.6 Å². The lowest BCUT2D eigenvalue weighted by molar-refractivity contribution is 0.0827. The highest BCUT2D eigenvalue weighted by atomic mass is 35.5. The van der Waals surface area contributed by atoms with Crippen molar-refractivity contribution in [2.75, 3.05) is 37.5 Å². The number of carbonyl (C=O) groups is 1. The molecule has 1 fully saturated rings. The minimum absolute atomic E-state index is 0.00358. The van der Waals surface area contributed by atoms with E-state index in [0.717, 1.165) is 12.2 Å². The first-order chi connectivity index (χ1) is 9.08. The maximum absolute atomic E-state index is 11.9. The van der Waals surface area contributed by atoms with Crippen LogP contribution in [0.4, 0.5) is 5.69 Å². The van der Waals surface area contributed by atoms with E-state index in [1.54, 1.807) is 31.1 Å². The zero-order valence-electron chi connectivity index (χ0n) is 11.3. The molecule has 3 nitrogen and oxygen atoms in total. The van der Waals surface area contributed by atoms with E-state index in [2.05, 4.69) is 5.32 Å². The number of thioether (sulfide) groups is 1. The van der Waals surface area contributed by atoms with Gasteiger partial charge < -0.3 is 10.2 Å². The number of carbonyl (C=O) groups excluding carboxylic acids is 1. The van der Waals surface area contributed by atoms with E-state index in [4.69, 9.17) is 11.6 Å². The summed E-state index contributed by atoms with van der Waals surface area (Å²) in [5.41, 5.74) is 1.52. The second-order valence-electron chi connectivity index (χ2n) is 5.00. The van der Waals surface area contributed by atoms with Crippen LogP contribution in [0.25, 0.3) is 0 Å². The number of nitrogens with one attached hydrogen (secondary N) is 1. The number of amides is 1. The van der Waals surface area contributed by atoms with E-state index >= 15 is 0 Å². The highest BCUT2D eigenvalue weighted by Gasteiger charge is 2.16. The molecule has 1 aromatic carbocycles. The van der Waals surface area contributed by atoms with Gasteiger partial charge >= 0.3 is 0 Å². The van der Waals surface area contributed by atoms with Gasteiger partial charge in [0, 0.05) is 26.2 Å². The van der Waals surface area contributed by atoms with Crippen molar-refractivity contribution in [1.82, 2.24) is 4.90 Å². The average molecular weight is 299 g/mol. The van der Waals surface area contributed by atoms with E-state index in [-0.39, 0.29) is 5.91 Å². The molecule has 0 saturated carbocycles. The molecule has 2 rings (SSSR count). The third kappa shape index (κ3) is 3.80. The molecule has 1 unspecified atom stereocenters. The fourth-order valence-corrected chi connectivity index (χ4v) is 3.52. The first-order valence-electron chi connectivity index (χ1n) is 6.40. The first-order valence-corrected chi connectivity index (χ1v) is 7.94. The summed E-state index contributed by atoms with van der Waals surface area (Å²) >= 11 is 8.17. The Morgan fingerprint density at radius 3 is 2.95 bits per heavy atom. The highest BCUT2D eigenvalue weighted by Crippen LogP contribution is 2.27. The van der Waals surface area contributed by atoms with Crippen LogP contribution in [0.3, 0.4) is 0 Å². The Morgan fingerprint density at radius 2 is 2.32 bits per heavy atom. The molecule has 1 amide bonds. The Labute approximate surface area is 123 Å². The molecule has 0 aromatic heterocycles. The molecule has 0 bridgehead atoms. The van der Waals surface area contributed by atoms with Crippen molar-refractivity contribution >= 4 is 35.0 Å². The molecule has 1 saturated heterocycles. The van der Waals surface area contributed by atoms with Gasteiger partial charge in [0.2, 0.25) is 0 Å². The van der Waals surface area contributed by atoms with Gasteiger partial charge in [0.15, 0.2) is 0 Å². The van der Waals surface area contributed by atoms with Crippen molar-refractivity contribution in [1.29, 1.82) is 0 Å². The summed E-state index contributed by atoms with van der Waals surface area (Å²) in [6.45, 7) is 0.923. The van der Waals surface area contributed by atoms with Crippen LogP contribution in [-0.2, 0) is 0 Å². The normalized spacial score (nSPS) is 18.4. The molecule has 19 heavy (non-hydrogen) atoms. The molecule has 104 valence electrons. The minimum atomic E-state index is -0.00358. The van der Waals surface area contributed by atoms with Crippen LogP contribution >= 0.6 is 23.4 Å². The predicted molar refractivity (Wildman–Crippen MR) is 83.4 cm³/mol. The molecule has 1 heterocycles. The van der Waals surface area contributed by atoms with Crippen molar-refractivity contribution in [2.45, 2.75) is 6.42 Å². The largest absolute Gasteiger partial charge is 0.384 e. The molecule has 1 atom stereocenters. The van der Waals surface area contributed by atoms with Crippen LogP contribution in [-0.4, -0.2) is 43.0 Å². The lowest BCUT2D eigenvalue weighted by atomic mass is 10.1. The Bertz CT molecular complexity index is 459. The van der Waals surface area contributed by atoms with E-state index in [0.29, 0.717) is 16.5 Å². The van der Waals surface area contributed by atoms with Gasteiger partial charge in [-0.05, 0) is 42.0 Å². The van der Waals surface area contributed by atoms with Crippen LogP contribution < -0.4 is 5.32 Å². The molecule has 0 spiro atoms. The summed E-state index contributed by atoms with van der Waals surface area (Å²) in [6.07, 6.45) is 1.26. The van der Waals surface area contributed by atoms with Gasteiger partial charge in [-0.25, -0.2) is 0 Å². The van der Waals surface area contributed by atoms with Gasteiger partial charge in [0.25, 0.3) is 5.91 Å². The summed E-state index contributed by atoms with van der Waals surface area (Å²) in [5.74, 6) is 3.16. The molecule has 1 aliphatic rings. The summed E-state index contributed by atoms with van der Waals surface area (Å²) in [4.78, 5) is 13.5. The monoisotopic (exact) mass is 298 g/mol. The summed E-state index contributed by atoms with van der Waals surface area (Å²) in [6, 6.07) is 5.39. The van der Waals surface area contributed by atoms with Crippen molar-refractivity contribution in [3.8, 4) is 0 Å². The van der Waals surface area contributed by atoms with Gasteiger partial charge in [0.1, 0.15) is 0 Å². The SMILES string of the molecule is CN(C)C(=O)c1ccc(Cl)c(NCC2CCSC2)c1. The third-order valence-corrected chi connectivity index (χ3v) is 4.79. The molecule has 0 radical (unpaired) electrons. The van der Waals surface area contributed by atoms with Crippen molar-refractivity contribution < 1.29 is 4.79 Å². The molecule has 1 aromatic rings. The Balaban J connectivity index is 2.06. The number of hydrogen-bond donors (Lipinski definition) is 1. The second kappa shape index (κ2) is 6.53. The quantitative estimate of drug-likeness (QED) is 0.926. The number of rotatable bonds is 4. The highest BCUT2D eigenvalue weighted by molar-refractivity contribution is 7.99. The van der Waals surface area contributed by atoms with Crippen LogP contribution in [0.1, 0.15) is 16.8 Å². The van der Waals surface area contributed by atoms with E-state index in [1.165, 1.54) is 17.9 Å². The van der Waals surface area contributed by atoms with Crippen LogP contribution in [0.15, 0.2) is 18.2 Å². The van der Waals surface area contributed by atoms with Gasteiger partial charge in [-0.2, -0.15) is 11.8 Å². The molecular weight excluding hydrogens is 280 g/mol. The minimum Gasteiger partial charge on any atom is -0.384 e. The van der Waals surface area contributed by atoms with Crippen molar-refractivity contribution in [2.24, 2.45) is 5.92 Å². The lowest BCUT2D eigenvalue weighted by Crippen LogP contribution is -2.22. The number of benzene rings is 1. The topological polar surface area (TPSA) is 32.3 Å². The van der Waals surface area contributed by atoms with E-state index in [9.17, 15) is 4.79 Å². The Kier molecular flexibility index (Phi) is 4.99. The Hall–Kier alpha value is -0.870. The standard InChI is InChI=1S/C14H19ClN2OS/c1-17(2)14(18)11-3-4-12(15)13(7-11)16-8-10-5-6-19-9-10/h3-4,7,10,16H,5-6,8-9H2,1-2H3. The number of nitrogens with zero attached hydrogens (tertiary/aromatic N) is 1. The van der Waals surface area contributed by atoms with Crippen LogP contribution in [0.2, 0.25) is 5.02 Å². The van der Waals surface area contributed by atoms with Crippen LogP contribution in [0.5, 0.6) is 0 Å². The van der Waals surface area contributed by atoms with E-state index < -0.39 is 0 Å². The Morgan fingerprint density at radius 1 is 1.53 bits per heavy atom. The summed E-state index contributed by atoms with van der Waals surface area (Å²) < 4.78 is 0. The lowest BCUT2D eigenvalue weighted by Gasteiger charge is -2.15. The molecular formula is C14H19ClN2OS. The van der Waals surface area contributed by atoms with Crippen molar-refractivity contribution in [3.05, 3.63) is 28.8 Å². The second-order valence-corrected chi connectivity index (χ2v) is 6.56. The maximum atomic E-state index is 11.9. The fraction of sp³-hybridized carbons (Fsp3) is 0.500.